The molecule has 0 saturated carbocycles. The molecular weight excluding hydrogens is 380 g/mol. The first-order valence-electron chi connectivity index (χ1n) is 7.91. The molecule has 2 heterocycles. The molecule has 1 N–H and O–H groups in total. The van der Waals surface area contributed by atoms with Crippen LogP contribution in [0.25, 0.3) is 0 Å². The van der Waals surface area contributed by atoms with Crippen LogP contribution in [0.2, 0.25) is 5.02 Å². The van der Waals surface area contributed by atoms with Gasteiger partial charge in [0.1, 0.15) is 6.04 Å². The largest absolute Gasteiger partial charge is 0.454 e. The van der Waals surface area contributed by atoms with Crippen molar-refractivity contribution in [1.82, 2.24) is 9.62 Å². The summed E-state index contributed by atoms with van der Waals surface area (Å²) in [6.07, 6.45) is 0. The van der Waals surface area contributed by atoms with E-state index in [4.69, 9.17) is 21.1 Å². The van der Waals surface area contributed by atoms with Crippen molar-refractivity contribution < 1.29 is 22.7 Å². The molecule has 1 atom stereocenters. The number of halogens is 1. The van der Waals surface area contributed by atoms with E-state index in [1.165, 1.54) is 16.4 Å². The van der Waals surface area contributed by atoms with Crippen molar-refractivity contribution in [2.45, 2.75) is 10.9 Å². The van der Waals surface area contributed by atoms with Crippen LogP contribution < -0.4 is 14.8 Å². The predicted molar refractivity (Wildman–Crippen MR) is 93.7 cm³/mol. The first kappa shape index (κ1) is 17.1. The molecule has 4 rings (SSSR count). The minimum atomic E-state index is -3.93. The van der Waals surface area contributed by atoms with Crippen LogP contribution in [0, 0.1) is 0 Å². The number of amides is 1. The molecule has 136 valence electrons. The van der Waals surface area contributed by atoms with Crippen LogP contribution in [-0.4, -0.2) is 38.5 Å². The van der Waals surface area contributed by atoms with Crippen LogP contribution in [0.5, 0.6) is 11.5 Å². The number of carbonyl (C=O) groups excluding carboxylic acids is 1. The highest BCUT2D eigenvalue weighted by Crippen LogP contribution is 2.37. The second kappa shape index (κ2) is 6.46. The highest BCUT2D eigenvalue weighted by Gasteiger charge is 2.40. The van der Waals surface area contributed by atoms with E-state index in [0.717, 1.165) is 0 Å². The summed E-state index contributed by atoms with van der Waals surface area (Å²) in [5, 5.41) is 3.14. The molecule has 0 aliphatic carbocycles. The van der Waals surface area contributed by atoms with Crippen LogP contribution >= 0.6 is 11.6 Å². The first-order chi connectivity index (χ1) is 12.5. The van der Waals surface area contributed by atoms with Crippen molar-refractivity contribution in [3.63, 3.8) is 0 Å². The molecule has 26 heavy (non-hydrogen) atoms. The average molecular weight is 395 g/mol. The third-order valence-corrected chi connectivity index (χ3v) is 6.38. The smallest absolute Gasteiger partial charge is 0.244 e. The summed E-state index contributed by atoms with van der Waals surface area (Å²) in [6.45, 7) is 0.440. The van der Waals surface area contributed by atoms with Gasteiger partial charge in [-0.25, -0.2) is 8.42 Å². The lowest BCUT2D eigenvalue weighted by Crippen LogP contribution is -2.52. The number of piperazine rings is 1. The van der Waals surface area contributed by atoms with Crippen molar-refractivity contribution in [2.75, 3.05) is 19.9 Å². The fourth-order valence-corrected chi connectivity index (χ4v) is 4.86. The maximum Gasteiger partial charge on any atom is 0.244 e. The Morgan fingerprint density at radius 1 is 1.12 bits per heavy atom. The summed E-state index contributed by atoms with van der Waals surface area (Å²) in [5.74, 6) is 0.474. The number of benzene rings is 2. The van der Waals surface area contributed by atoms with E-state index in [0.29, 0.717) is 22.1 Å². The summed E-state index contributed by atoms with van der Waals surface area (Å²) >= 11 is 6.02. The molecule has 7 nitrogen and oxygen atoms in total. The van der Waals surface area contributed by atoms with Gasteiger partial charge < -0.3 is 14.8 Å². The van der Waals surface area contributed by atoms with Gasteiger partial charge in [-0.1, -0.05) is 23.7 Å². The maximum absolute atomic E-state index is 13.2. The Morgan fingerprint density at radius 2 is 1.92 bits per heavy atom. The maximum atomic E-state index is 13.2. The van der Waals surface area contributed by atoms with Gasteiger partial charge in [0.2, 0.25) is 22.7 Å². The number of ether oxygens (including phenoxy) is 2. The fraction of sp³-hybridized carbons (Fsp3) is 0.235. The van der Waals surface area contributed by atoms with Crippen LogP contribution in [-0.2, 0) is 14.8 Å². The number of rotatable bonds is 3. The van der Waals surface area contributed by atoms with E-state index in [1.54, 1.807) is 30.3 Å². The second-order valence-electron chi connectivity index (χ2n) is 5.88. The highest BCUT2D eigenvalue weighted by molar-refractivity contribution is 7.89. The fourth-order valence-electron chi connectivity index (χ4n) is 3.07. The summed E-state index contributed by atoms with van der Waals surface area (Å²) < 4.78 is 38.1. The third-order valence-electron chi connectivity index (χ3n) is 4.28. The normalized spacial score (nSPS) is 20.0. The van der Waals surface area contributed by atoms with Crippen molar-refractivity contribution >= 4 is 27.5 Å². The zero-order valence-electron chi connectivity index (χ0n) is 13.5. The number of nitrogens with zero attached hydrogens (tertiary/aromatic N) is 1. The first-order valence-corrected chi connectivity index (χ1v) is 9.73. The zero-order chi connectivity index (χ0) is 18.3. The quantitative estimate of drug-likeness (QED) is 0.859. The number of fused-ring (bicyclic) bond motifs is 1. The Kier molecular flexibility index (Phi) is 4.26. The summed E-state index contributed by atoms with van der Waals surface area (Å²) in [5.41, 5.74) is 0.513. The topological polar surface area (TPSA) is 84.9 Å². The Labute approximate surface area is 155 Å². The molecule has 2 aliphatic rings. The van der Waals surface area contributed by atoms with Crippen LogP contribution in [0.4, 0.5) is 0 Å². The standard InChI is InChI=1S/C17H15ClN2O5S/c18-12-3-1-2-11(8-12)16-17(21)19-6-7-20(16)26(22,23)13-4-5-14-15(9-13)25-10-24-14/h1-5,8-9,16H,6-7,10H2,(H,19,21). The van der Waals surface area contributed by atoms with Crippen LogP contribution in [0.15, 0.2) is 47.4 Å². The Morgan fingerprint density at radius 3 is 2.73 bits per heavy atom. The minimum Gasteiger partial charge on any atom is -0.454 e. The SMILES string of the molecule is O=C1NCCN(S(=O)(=O)c2ccc3c(c2)OCO3)C1c1cccc(Cl)c1. The van der Waals surface area contributed by atoms with Crippen molar-refractivity contribution in [1.29, 1.82) is 0 Å². The van der Waals surface area contributed by atoms with Gasteiger partial charge in [-0.05, 0) is 29.8 Å². The molecule has 2 aromatic rings. The van der Waals surface area contributed by atoms with Gasteiger partial charge >= 0.3 is 0 Å². The lowest BCUT2D eigenvalue weighted by molar-refractivity contribution is -0.126. The summed E-state index contributed by atoms with van der Waals surface area (Å²) in [7, 11) is -3.93. The number of nitrogens with one attached hydrogen (secondary N) is 1. The van der Waals surface area contributed by atoms with Crippen LogP contribution in [0.1, 0.15) is 11.6 Å². The van der Waals surface area contributed by atoms with Gasteiger partial charge in [-0.3, -0.25) is 4.79 Å². The molecule has 1 saturated heterocycles. The van der Waals surface area contributed by atoms with Gasteiger partial charge in [-0.2, -0.15) is 4.31 Å². The van der Waals surface area contributed by atoms with Gasteiger partial charge in [0, 0.05) is 24.2 Å². The van der Waals surface area contributed by atoms with E-state index in [2.05, 4.69) is 5.32 Å². The molecular formula is C17H15ClN2O5S. The van der Waals surface area contributed by atoms with E-state index >= 15 is 0 Å². The Balaban J connectivity index is 1.76. The van der Waals surface area contributed by atoms with Crippen LogP contribution in [0.3, 0.4) is 0 Å². The predicted octanol–water partition coefficient (Wildman–Crippen LogP) is 1.93. The van der Waals surface area contributed by atoms with Gasteiger partial charge in [0.05, 0.1) is 4.90 Å². The second-order valence-corrected chi connectivity index (χ2v) is 8.21. The molecule has 2 aliphatic heterocycles. The van der Waals surface area contributed by atoms with Gasteiger partial charge in [0.25, 0.3) is 0 Å². The van der Waals surface area contributed by atoms with E-state index in [9.17, 15) is 13.2 Å². The minimum absolute atomic E-state index is 0.0449. The number of sulfonamides is 1. The van der Waals surface area contributed by atoms with Crippen molar-refractivity contribution in [3.05, 3.63) is 53.1 Å². The third kappa shape index (κ3) is 2.90. The monoisotopic (exact) mass is 394 g/mol. The molecule has 0 aromatic heterocycles. The molecule has 9 heteroatoms. The summed E-state index contributed by atoms with van der Waals surface area (Å²) in [4.78, 5) is 12.5. The molecule has 1 fully saturated rings. The van der Waals surface area contributed by atoms with E-state index < -0.39 is 16.1 Å². The summed E-state index contributed by atoms with van der Waals surface area (Å²) in [6, 6.07) is 10.1. The van der Waals surface area contributed by atoms with E-state index in [1.807, 2.05) is 0 Å². The number of hydrogen-bond acceptors (Lipinski definition) is 5. The Hall–Kier alpha value is -2.29. The number of hydrogen-bond donors (Lipinski definition) is 1. The molecule has 0 bridgehead atoms. The van der Waals surface area contributed by atoms with Gasteiger partial charge in [0.15, 0.2) is 11.5 Å². The molecule has 1 amide bonds. The molecule has 0 radical (unpaired) electrons. The average Bonchev–Trinajstić information content (AvgIpc) is 3.09. The highest BCUT2D eigenvalue weighted by atomic mass is 35.5. The van der Waals surface area contributed by atoms with E-state index in [-0.39, 0.29) is 30.7 Å². The number of carbonyl (C=O) groups is 1. The Bertz CT molecular complexity index is 979. The molecule has 2 aromatic carbocycles. The van der Waals surface area contributed by atoms with Crippen molar-refractivity contribution in [2.24, 2.45) is 0 Å². The molecule has 1 unspecified atom stereocenters. The van der Waals surface area contributed by atoms with Crippen molar-refractivity contribution in [3.8, 4) is 11.5 Å². The lowest BCUT2D eigenvalue weighted by atomic mass is 10.0. The lowest BCUT2D eigenvalue weighted by Gasteiger charge is -2.34. The zero-order valence-corrected chi connectivity index (χ0v) is 15.1. The van der Waals surface area contributed by atoms with Gasteiger partial charge in [-0.15, -0.1) is 0 Å². The molecule has 0 spiro atoms.